The van der Waals surface area contributed by atoms with Crippen LogP contribution in [0.4, 0.5) is 0 Å². The number of aliphatic hydroxyl groups is 1. The van der Waals surface area contributed by atoms with Gasteiger partial charge in [-0.05, 0) is 36.2 Å². The molecule has 3 rings (SSSR count). The Bertz CT molecular complexity index is 692. The van der Waals surface area contributed by atoms with Crippen LogP contribution in [-0.4, -0.2) is 21.7 Å². The van der Waals surface area contributed by atoms with Gasteiger partial charge in [0.15, 0.2) is 0 Å². The second-order valence-electron chi connectivity index (χ2n) is 4.61. The van der Waals surface area contributed by atoms with E-state index in [2.05, 4.69) is 9.97 Å². The van der Waals surface area contributed by atoms with Crippen molar-refractivity contribution in [2.75, 3.05) is 6.61 Å². The summed E-state index contributed by atoms with van der Waals surface area (Å²) in [6, 6.07) is 15.6. The van der Waals surface area contributed by atoms with Crippen molar-refractivity contribution in [3.05, 3.63) is 59.9 Å². The van der Waals surface area contributed by atoms with Crippen molar-refractivity contribution >= 4 is 11.0 Å². The highest BCUT2D eigenvalue weighted by Gasteiger charge is 2.04. The molecule has 102 valence electrons. The number of nitrogens with zero attached hydrogens (tertiary/aromatic N) is 1. The van der Waals surface area contributed by atoms with E-state index < -0.39 is 0 Å². The van der Waals surface area contributed by atoms with Crippen molar-refractivity contribution in [3.8, 4) is 5.75 Å². The van der Waals surface area contributed by atoms with Crippen LogP contribution in [0.2, 0.25) is 0 Å². The van der Waals surface area contributed by atoms with Gasteiger partial charge in [0.05, 0.1) is 11.0 Å². The van der Waals surface area contributed by atoms with E-state index in [1.165, 1.54) is 0 Å². The van der Waals surface area contributed by atoms with Crippen LogP contribution in [0.1, 0.15) is 11.4 Å². The van der Waals surface area contributed by atoms with Crippen LogP contribution in [0.3, 0.4) is 0 Å². The lowest BCUT2D eigenvalue weighted by molar-refractivity contribution is 0.297. The summed E-state index contributed by atoms with van der Waals surface area (Å²) < 4.78 is 5.67. The molecule has 0 atom stereocenters. The van der Waals surface area contributed by atoms with Crippen LogP contribution in [-0.2, 0) is 13.0 Å². The SMILES string of the molecule is OCCc1ccc2nc(COc3ccccc3)[nH]c2c1. The Morgan fingerprint density at radius 1 is 1.10 bits per heavy atom. The Labute approximate surface area is 117 Å². The van der Waals surface area contributed by atoms with Crippen LogP contribution in [0.5, 0.6) is 5.75 Å². The molecule has 0 unspecified atom stereocenters. The van der Waals surface area contributed by atoms with Crippen LogP contribution >= 0.6 is 0 Å². The minimum Gasteiger partial charge on any atom is -0.486 e. The largest absolute Gasteiger partial charge is 0.486 e. The molecule has 0 aliphatic carbocycles. The molecule has 1 heterocycles. The minimum atomic E-state index is 0.156. The van der Waals surface area contributed by atoms with E-state index in [1.807, 2.05) is 48.5 Å². The molecule has 0 radical (unpaired) electrons. The molecular formula is C16H16N2O2. The number of nitrogens with one attached hydrogen (secondary N) is 1. The summed E-state index contributed by atoms with van der Waals surface area (Å²) in [5.41, 5.74) is 2.99. The van der Waals surface area contributed by atoms with Crippen molar-refractivity contribution in [1.29, 1.82) is 0 Å². The van der Waals surface area contributed by atoms with Gasteiger partial charge < -0.3 is 14.8 Å². The Morgan fingerprint density at radius 3 is 2.75 bits per heavy atom. The van der Waals surface area contributed by atoms with Gasteiger partial charge in [0.2, 0.25) is 0 Å². The Morgan fingerprint density at radius 2 is 1.95 bits per heavy atom. The summed E-state index contributed by atoms with van der Waals surface area (Å²) in [5.74, 6) is 1.62. The number of benzene rings is 2. The van der Waals surface area contributed by atoms with Crippen molar-refractivity contribution < 1.29 is 9.84 Å². The lowest BCUT2D eigenvalue weighted by Crippen LogP contribution is -1.96. The third-order valence-corrected chi connectivity index (χ3v) is 3.11. The molecule has 1 aromatic heterocycles. The molecule has 0 fully saturated rings. The van der Waals surface area contributed by atoms with E-state index in [0.717, 1.165) is 28.2 Å². The number of para-hydroxylation sites is 1. The van der Waals surface area contributed by atoms with Crippen LogP contribution in [0.25, 0.3) is 11.0 Å². The average Bonchev–Trinajstić information content (AvgIpc) is 2.89. The van der Waals surface area contributed by atoms with Crippen molar-refractivity contribution in [3.63, 3.8) is 0 Å². The van der Waals surface area contributed by atoms with Gasteiger partial charge >= 0.3 is 0 Å². The number of aliphatic hydroxyl groups excluding tert-OH is 1. The molecule has 4 nitrogen and oxygen atoms in total. The Kier molecular flexibility index (Phi) is 3.65. The van der Waals surface area contributed by atoms with Gasteiger partial charge in [-0.25, -0.2) is 4.98 Å². The first-order chi connectivity index (χ1) is 9.85. The van der Waals surface area contributed by atoms with Gasteiger partial charge in [-0.1, -0.05) is 24.3 Å². The molecule has 0 amide bonds. The Hall–Kier alpha value is -2.33. The fraction of sp³-hybridized carbons (Fsp3) is 0.188. The zero-order chi connectivity index (χ0) is 13.8. The number of imidazole rings is 1. The third kappa shape index (κ3) is 2.81. The molecule has 2 N–H and O–H groups in total. The van der Waals surface area contributed by atoms with E-state index >= 15 is 0 Å². The van der Waals surface area contributed by atoms with Crippen molar-refractivity contribution in [2.24, 2.45) is 0 Å². The number of H-pyrrole nitrogens is 1. The normalized spacial score (nSPS) is 10.8. The molecule has 0 aliphatic rings. The van der Waals surface area contributed by atoms with Crippen molar-refractivity contribution in [2.45, 2.75) is 13.0 Å². The summed E-state index contributed by atoms with van der Waals surface area (Å²) in [7, 11) is 0. The van der Waals surface area contributed by atoms with Crippen LogP contribution < -0.4 is 4.74 Å². The molecule has 0 spiro atoms. The highest BCUT2D eigenvalue weighted by atomic mass is 16.5. The van der Waals surface area contributed by atoms with E-state index in [4.69, 9.17) is 9.84 Å². The molecule has 4 heteroatoms. The fourth-order valence-electron chi connectivity index (χ4n) is 2.13. The van der Waals surface area contributed by atoms with Gasteiger partial charge in [-0.3, -0.25) is 0 Å². The maximum absolute atomic E-state index is 8.96. The highest BCUT2D eigenvalue weighted by molar-refractivity contribution is 5.75. The molecule has 0 saturated heterocycles. The van der Waals surface area contributed by atoms with E-state index in [1.54, 1.807) is 0 Å². The van der Waals surface area contributed by atoms with E-state index in [9.17, 15) is 0 Å². The zero-order valence-corrected chi connectivity index (χ0v) is 11.0. The smallest absolute Gasteiger partial charge is 0.146 e. The standard InChI is InChI=1S/C16H16N2O2/c19-9-8-12-6-7-14-15(10-12)18-16(17-14)11-20-13-4-2-1-3-5-13/h1-7,10,19H,8-9,11H2,(H,17,18). The molecule has 0 saturated carbocycles. The summed E-state index contributed by atoms with van der Waals surface area (Å²) in [6.07, 6.45) is 0.658. The predicted octanol–water partition coefficient (Wildman–Crippen LogP) is 2.68. The molecular weight excluding hydrogens is 252 g/mol. The molecule has 3 aromatic rings. The number of ether oxygens (including phenoxy) is 1. The summed E-state index contributed by atoms with van der Waals surface area (Å²) >= 11 is 0. The van der Waals surface area contributed by atoms with Gasteiger partial charge in [0.25, 0.3) is 0 Å². The first kappa shape index (κ1) is 12.7. The number of aromatic amines is 1. The van der Waals surface area contributed by atoms with Gasteiger partial charge in [-0.15, -0.1) is 0 Å². The van der Waals surface area contributed by atoms with Gasteiger partial charge in [-0.2, -0.15) is 0 Å². The quantitative estimate of drug-likeness (QED) is 0.748. The summed E-state index contributed by atoms with van der Waals surface area (Å²) in [5, 5.41) is 8.96. The minimum absolute atomic E-state index is 0.156. The second-order valence-corrected chi connectivity index (χ2v) is 4.61. The Balaban J connectivity index is 1.75. The second kappa shape index (κ2) is 5.75. The van der Waals surface area contributed by atoms with Crippen LogP contribution in [0, 0.1) is 0 Å². The molecule has 20 heavy (non-hydrogen) atoms. The number of hydrogen-bond acceptors (Lipinski definition) is 3. The lowest BCUT2D eigenvalue weighted by Gasteiger charge is -2.02. The van der Waals surface area contributed by atoms with Gasteiger partial charge in [0, 0.05) is 6.61 Å². The summed E-state index contributed by atoms with van der Waals surface area (Å²) in [6.45, 7) is 0.567. The average molecular weight is 268 g/mol. The van der Waals surface area contributed by atoms with Crippen LogP contribution in [0.15, 0.2) is 48.5 Å². The van der Waals surface area contributed by atoms with E-state index in [-0.39, 0.29) is 6.61 Å². The first-order valence-corrected chi connectivity index (χ1v) is 6.61. The molecule has 0 bridgehead atoms. The van der Waals surface area contributed by atoms with E-state index in [0.29, 0.717) is 13.0 Å². The first-order valence-electron chi connectivity index (χ1n) is 6.61. The molecule has 2 aromatic carbocycles. The van der Waals surface area contributed by atoms with Crippen molar-refractivity contribution in [1.82, 2.24) is 9.97 Å². The predicted molar refractivity (Wildman–Crippen MR) is 77.7 cm³/mol. The number of aromatic nitrogens is 2. The highest BCUT2D eigenvalue weighted by Crippen LogP contribution is 2.16. The molecule has 0 aliphatic heterocycles. The maximum Gasteiger partial charge on any atom is 0.146 e. The summed E-state index contributed by atoms with van der Waals surface area (Å²) in [4.78, 5) is 7.73. The number of fused-ring (bicyclic) bond motifs is 1. The lowest BCUT2D eigenvalue weighted by atomic mass is 10.1. The zero-order valence-electron chi connectivity index (χ0n) is 11.0. The monoisotopic (exact) mass is 268 g/mol. The topological polar surface area (TPSA) is 58.1 Å². The maximum atomic E-state index is 8.96. The fourth-order valence-corrected chi connectivity index (χ4v) is 2.13. The number of rotatable bonds is 5. The third-order valence-electron chi connectivity index (χ3n) is 3.11. The number of hydrogen-bond donors (Lipinski definition) is 2. The van der Waals surface area contributed by atoms with Gasteiger partial charge in [0.1, 0.15) is 18.2 Å².